The second kappa shape index (κ2) is 11.2. The van der Waals surface area contributed by atoms with Crippen LogP contribution >= 0.6 is 0 Å². The third-order valence-corrected chi connectivity index (χ3v) is 9.00. The Morgan fingerprint density at radius 1 is 1.23 bits per heavy atom. The molecule has 1 N–H and O–H groups in total. The number of hydrogen-bond acceptors (Lipinski definition) is 11. The van der Waals surface area contributed by atoms with Crippen molar-refractivity contribution < 1.29 is 13.2 Å². The van der Waals surface area contributed by atoms with Crippen LogP contribution in [0.15, 0.2) is 38.4 Å². The van der Waals surface area contributed by atoms with Crippen LogP contribution in [0.25, 0.3) is 22.6 Å². The number of aromatic nitrogens is 6. The largest absolute Gasteiger partial charge is 0.480 e. The zero-order chi connectivity index (χ0) is 28.4. The number of nitrogens with zero attached hydrogens (tertiary/aromatic N) is 8. The van der Waals surface area contributed by atoms with Crippen molar-refractivity contribution in [1.82, 2.24) is 29.5 Å². The van der Waals surface area contributed by atoms with Crippen molar-refractivity contribution in [3.05, 3.63) is 39.7 Å². The lowest BCUT2D eigenvalue weighted by molar-refractivity contribution is 0.313. The van der Waals surface area contributed by atoms with Gasteiger partial charge in [0.25, 0.3) is 5.56 Å². The Labute approximate surface area is 231 Å². The molecule has 5 rings (SSSR count). The number of amidine groups is 1. The quantitative estimate of drug-likeness (QED) is 0.285. The van der Waals surface area contributed by atoms with E-state index in [0.29, 0.717) is 34.3 Å². The van der Waals surface area contributed by atoms with E-state index in [9.17, 15) is 13.2 Å². The smallest absolute Gasteiger partial charge is 0.295 e. The topological polar surface area (TPSA) is 167 Å². The lowest BCUT2D eigenvalue weighted by atomic mass is 9.93. The maximum Gasteiger partial charge on any atom is 0.295 e. The van der Waals surface area contributed by atoms with E-state index in [0.717, 1.165) is 37.8 Å². The van der Waals surface area contributed by atoms with E-state index in [-0.39, 0.29) is 40.5 Å². The van der Waals surface area contributed by atoms with Crippen LogP contribution in [0.1, 0.15) is 63.6 Å². The summed E-state index contributed by atoms with van der Waals surface area (Å²) >= 11 is 0. The highest BCUT2D eigenvalue weighted by Crippen LogP contribution is 2.45. The SMILES string of the molecule is C=N/C(CNc1nc2cnc(-c3c(OC)ncnc3C3CC3)nc2n(C2CCC2)c1=O)=N\C=C(/C)S(=O)(=O)CC. The summed E-state index contributed by atoms with van der Waals surface area (Å²) in [5.41, 5.74) is 2.02. The average Bonchev–Trinajstić information content (AvgIpc) is 3.78. The summed E-state index contributed by atoms with van der Waals surface area (Å²) in [6, 6.07) is -0.0198. The van der Waals surface area contributed by atoms with Gasteiger partial charge < -0.3 is 10.1 Å². The van der Waals surface area contributed by atoms with Gasteiger partial charge >= 0.3 is 0 Å². The highest BCUT2D eigenvalue weighted by molar-refractivity contribution is 7.95. The van der Waals surface area contributed by atoms with Gasteiger partial charge in [0.05, 0.1) is 36.2 Å². The van der Waals surface area contributed by atoms with Crippen molar-refractivity contribution in [2.24, 2.45) is 9.98 Å². The highest BCUT2D eigenvalue weighted by Gasteiger charge is 2.32. The number of ether oxygens (including phenoxy) is 1. The molecule has 0 unspecified atom stereocenters. The molecular formula is C26H31N9O4S. The molecule has 0 amide bonds. The highest BCUT2D eigenvalue weighted by atomic mass is 32.2. The van der Waals surface area contributed by atoms with Crippen molar-refractivity contribution in [1.29, 1.82) is 0 Å². The average molecular weight is 566 g/mol. The molecule has 14 heteroatoms. The summed E-state index contributed by atoms with van der Waals surface area (Å²) in [6.07, 6.45) is 9.06. The Morgan fingerprint density at radius 3 is 2.62 bits per heavy atom. The number of fused-ring (bicyclic) bond motifs is 1. The van der Waals surface area contributed by atoms with Gasteiger partial charge in [0, 0.05) is 18.2 Å². The fourth-order valence-electron chi connectivity index (χ4n) is 4.41. The molecular weight excluding hydrogens is 534 g/mol. The fourth-order valence-corrected chi connectivity index (χ4v) is 5.08. The Hall–Kier alpha value is -4.07. The molecule has 3 aromatic heterocycles. The van der Waals surface area contributed by atoms with E-state index < -0.39 is 9.84 Å². The summed E-state index contributed by atoms with van der Waals surface area (Å²) in [6.45, 7) is 6.55. The van der Waals surface area contributed by atoms with Gasteiger partial charge in [-0.3, -0.25) is 9.36 Å². The normalized spacial score (nSPS) is 16.6. The second-order valence-corrected chi connectivity index (χ2v) is 12.2. The first kappa shape index (κ1) is 27.5. The first-order valence-electron chi connectivity index (χ1n) is 13.1. The van der Waals surface area contributed by atoms with Crippen LogP contribution in [-0.4, -0.2) is 69.9 Å². The molecule has 3 aromatic rings. The van der Waals surface area contributed by atoms with Crippen LogP contribution in [-0.2, 0) is 9.84 Å². The van der Waals surface area contributed by atoms with Gasteiger partial charge in [-0.15, -0.1) is 0 Å². The molecule has 0 bridgehead atoms. The second-order valence-electron chi connectivity index (χ2n) is 9.74. The van der Waals surface area contributed by atoms with Crippen LogP contribution in [0.2, 0.25) is 0 Å². The Kier molecular flexibility index (Phi) is 7.70. The van der Waals surface area contributed by atoms with Crippen molar-refractivity contribution >= 4 is 39.4 Å². The summed E-state index contributed by atoms with van der Waals surface area (Å²) in [5.74, 6) is 1.35. The van der Waals surface area contributed by atoms with Crippen molar-refractivity contribution in [2.45, 2.75) is 57.9 Å². The van der Waals surface area contributed by atoms with Crippen molar-refractivity contribution in [3.63, 3.8) is 0 Å². The van der Waals surface area contributed by atoms with E-state index in [1.165, 1.54) is 19.5 Å². The molecule has 210 valence electrons. The minimum atomic E-state index is -3.37. The number of allylic oxidation sites excluding steroid dienone is 1. The number of methoxy groups -OCH3 is 1. The molecule has 0 aliphatic heterocycles. The zero-order valence-electron chi connectivity index (χ0n) is 22.7. The van der Waals surface area contributed by atoms with Crippen LogP contribution in [0.3, 0.4) is 0 Å². The summed E-state index contributed by atoms with van der Waals surface area (Å²) < 4.78 is 31.2. The summed E-state index contributed by atoms with van der Waals surface area (Å²) in [7, 11) is -1.82. The van der Waals surface area contributed by atoms with Gasteiger partial charge in [0.1, 0.15) is 23.2 Å². The molecule has 0 saturated heterocycles. The van der Waals surface area contributed by atoms with E-state index >= 15 is 0 Å². The summed E-state index contributed by atoms with van der Waals surface area (Å²) in [4.78, 5) is 44.4. The Morgan fingerprint density at radius 2 is 2.00 bits per heavy atom. The maximum atomic E-state index is 13.7. The predicted molar refractivity (Wildman–Crippen MR) is 153 cm³/mol. The summed E-state index contributed by atoms with van der Waals surface area (Å²) in [5, 5.41) is 2.99. The number of anilines is 1. The number of aliphatic imine (C=N–C) groups is 2. The lowest BCUT2D eigenvalue weighted by Crippen LogP contribution is -2.33. The van der Waals surface area contributed by atoms with Gasteiger partial charge in [-0.25, -0.2) is 43.3 Å². The van der Waals surface area contributed by atoms with Gasteiger partial charge in [-0.05, 0) is 45.7 Å². The maximum absolute atomic E-state index is 13.7. The minimum absolute atomic E-state index is 0.0140. The first-order chi connectivity index (χ1) is 19.3. The van der Waals surface area contributed by atoms with Crippen LogP contribution < -0.4 is 15.6 Å². The van der Waals surface area contributed by atoms with E-state index in [4.69, 9.17) is 9.72 Å². The number of hydrogen-bond donors (Lipinski definition) is 1. The van der Waals surface area contributed by atoms with Gasteiger partial charge in [-0.2, -0.15) is 0 Å². The number of rotatable bonds is 10. The fraction of sp³-hybridized carbons (Fsp3) is 0.462. The molecule has 0 spiro atoms. The number of nitrogens with one attached hydrogen (secondary N) is 1. The van der Waals surface area contributed by atoms with Crippen LogP contribution in [0.4, 0.5) is 5.82 Å². The monoisotopic (exact) mass is 565 g/mol. The molecule has 0 radical (unpaired) electrons. The Balaban J connectivity index is 1.53. The molecule has 3 heterocycles. The molecule has 2 aliphatic carbocycles. The van der Waals surface area contributed by atoms with Gasteiger partial charge in [0.15, 0.2) is 27.1 Å². The van der Waals surface area contributed by atoms with Crippen molar-refractivity contribution in [2.75, 3.05) is 24.7 Å². The van der Waals surface area contributed by atoms with Gasteiger partial charge in [-0.1, -0.05) is 6.92 Å². The van der Waals surface area contributed by atoms with Crippen LogP contribution in [0, 0.1) is 0 Å². The van der Waals surface area contributed by atoms with Crippen molar-refractivity contribution in [3.8, 4) is 17.3 Å². The third kappa shape index (κ3) is 5.35. The molecule has 2 aliphatic rings. The minimum Gasteiger partial charge on any atom is -0.480 e. The first-order valence-corrected chi connectivity index (χ1v) is 14.8. The predicted octanol–water partition coefficient (Wildman–Crippen LogP) is 3.06. The third-order valence-electron chi connectivity index (χ3n) is 7.16. The number of sulfone groups is 1. The molecule has 0 atom stereocenters. The van der Waals surface area contributed by atoms with E-state index in [1.807, 2.05) is 0 Å². The lowest BCUT2D eigenvalue weighted by Gasteiger charge is -2.28. The molecule has 2 saturated carbocycles. The molecule has 40 heavy (non-hydrogen) atoms. The van der Waals surface area contributed by atoms with Crippen LogP contribution in [0.5, 0.6) is 5.88 Å². The standard InChI is InChI=1S/C26H31N9O4S/c1-5-40(37,38)15(2)11-28-19(27-3)13-30-23-26(36)35(17-7-6-8-17)24-18(33-23)12-29-22(34-24)20-21(16-9-10-16)31-14-32-25(20)39-4/h11-12,14,16-17H,3,5-10,13H2,1-2,4H3,(H,30,33)/b15-11+,28-19-. The molecule has 0 aromatic carbocycles. The van der Waals surface area contributed by atoms with Gasteiger partial charge in [0.2, 0.25) is 5.88 Å². The van der Waals surface area contributed by atoms with E-state index in [2.05, 4.69) is 42.0 Å². The molecule has 13 nitrogen and oxygen atoms in total. The van der Waals surface area contributed by atoms with E-state index in [1.54, 1.807) is 24.8 Å². The zero-order valence-corrected chi connectivity index (χ0v) is 23.5. The molecule has 2 fully saturated rings. The Bertz CT molecular complexity index is 1690.